The molecule has 0 amide bonds. The number of aromatic nitrogens is 3. The van der Waals surface area contributed by atoms with Gasteiger partial charge in [0.15, 0.2) is 5.65 Å². The quantitative estimate of drug-likeness (QED) is 0.678. The average molecular weight is 254 g/mol. The van der Waals surface area contributed by atoms with Gasteiger partial charge in [-0.05, 0) is 30.2 Å². The van der Waals surface area contributed by atoms with Gasteiger partial charge in [-0.25, -0.2) is 9.97 Å². The van der Waals surface area contributed by atoms with Crippen LogP contribution >= 0.6 is 0 Å². The van der Waals surface area contributed by atoms with E-state index in [-0.39, 0.29) is 12.1 Å². The summed E-state index contributed by atoms with van der Waals surface area (Å²) >= 11 is 0. The molecule has 0 saturated heterocycles. The van der Waals surface area contributed by atoms with Gasteiger partial charge in [-0.3, -0.25) is 4.79 Å². The molecule has 5 nitrogen and oxygen atoms in total. The monoisotopic (exact) mass is 254 g/mol. The average Bonchev–Trinajstić information content (AvgIpc) is 2.44. The highest BCUT2D eigenvalue weighted by Crippen LogP contribution is 2.18. The van der Waals surface area contributed by atoms with Crippen LogP contribution in [0.1, 0.15) is 18.3 Å². The second kappa shape index (κ2) is 4.44. The van der Waals surface area contributed by atoms with Crippen LogP contribution in [0.4, 0.5) is 0 Å². The van der Waals surface area contributed by atoms with Gasteiger partial charge >= 0.3 is 0 Å². The van der Waals surface area contributed by atoms with Gasteiger partial charge in [-0.15, -0.1) is 0 Å². The maximum Gasteiger partial charge on any atom is 0.260 e. The maximum absolute atomic E-state index is 12.0. The zero-order chi connectivity index (χ0) is 13.4. The SMILES string of the molecule is CCc1ccc2nc3nc(CN)[nH]c(=O)c3cc2c1. The van der Waals surface area contributed by atoms with E-state index in [4.69, 9.17) is 5.73 Å². The molecule has 96 valence electrons. The number of benzene rings is 1. The van der Waals surface area contributed by atoms with Crippen molar-refractivity contribution in [3.8, 4) is 0 Å². The van der Waals surface area contributed by atoms with Crippen molar-refractivity contribution < 1.29 is 0 Å². The number of rotatable bonds is 2. The van der Waals surface area contributed by atoms with Crippen molar-refractivity contribution in [3.63, 3.8) is 0 Å². The summed E-state index contributed by atoms with van der Waals surface area (Å²) in [5.74, 6) is 0.453. The van der Waals surface area contributed by atoms with Crippen molar-refractivity contribution in [2.45, 2.75) is 19.9 Å². The standard InChI is InChI=1S/C14H14N4O/c1-2-8-3-4-11-9(5-8)6-10-13(16-11)17-12(7-15)18-14(10)19/h3-6H,2,7,15H2,1H3,(H,16,17,18,19). The van der Waals surface area contributed by atoms with E-state index < -0.39 is 0 Å². The molecule has 2 aromatic heterocycles. The fourth-order valence-corrected chi connectivity index (χ4v) is 2.14. The third-order valence-electron chi connectivity index (χ3n) is 3.20. The first kappa shape index (κ1) is 11.8. The molecule has 3 aromatic rings. The number of H-pyrrole nitrogens is 1. The highest BCUT2D eigenvalue weighted by Gasteiger charge is 2.06. The topological polar surface area (TPSA) is 84.7 Å². The van der Waals surface area contributed by atoms with E-state index in [1.54, 1.807) is 0 Å². The number of hydrogen-bond acceptors (Lipinski definition) is 4. The van der Waals surface area contributed by atoms with Gasteiger partial charge in [0, 0.05) is 5.39 Å². The Bertz CT molecular complexity index is 823. The van der Waals surface area contributed by atoms with E-state index in [1.165, 1.54) is 5.56 Å². The summed E-state index contributed by atoms with van der Waals surface area (Å²) in [6.07, 6.45) is 0.953. The third kappa shape index (κ3) is 1.98. The van der Waals surface area contributed by atoms with E-state index in [2.05, 4.69) is 27.9 Å². The first-order valence-electron chi connectivity index (χ1n) is 6.24. The van der Waals surface area contributed by atoms with Crippen LogP contribution in [0.5, 0.6) is 0 Å². The van der Waals surface area contributed by atoms with Gasteiger partial charge in [0.05, 0.1) is 17.4 Å². The van der Waals surface area contributed by atoms with E-state index in [1.807, 2.05) is 18.2 Å². The van der Waals surface area contributed by atoms with Crippen LogP contribution in [0, 0.1) is 0 Å². The molecule has 0 aliphatic rings. The van der Waals surface area contributed by atoms with Crippen LogP contribution in [-0.4, -0.2) is 15.0 Å². The van der Waals surface area contributed by atoms with Gasteiger partial charge in [0.1, 0.15) is 5.82 Å². The number of fused-ring (bicyclic) bond motifs is 2. The first-order valence-corrected chi connectivity index (χ1v) is 6.24. The number of pyridine rings is 1. The Hall–Kier alpha value is -2.27. The van der Waals surface area contributed by atoms with E-state index in [0.29, 0.717) is 16.9 Å². The smallest absolute Gasteiger partial charge is 0.260 e. The third-order valence-corrected chi connectivity index (χ3v) is 3.20. The highest BCUT2D eigenvalue weighted by atomic mass is 16.1. The molecule has 0 atom stereocenters. The van der Waals surface area contributed by atoms with Gasteiger partial charge in [0.2, 0.25) is 0 Å². The largest absolute Gasteiger partial charge is 0.324 e. The minimum atomic E-state index is -0.193. The molecule has 3 N–H and O–H groups in total. The van der Waals surface area contributed by atoms with Crippen molar-refractivity contribution in [1.29, 1.82) is 0 Å². The molecule has 0 radical (unpaired) electrons. The van der Waals surface area contributed by atoms with E-state index >= 15 is 0 Å². The lowest BCUT2D eigenvalue weighted by Gasteiger charge is -2.04. The lowest BCUT2D eigenvalue weighted by Crippen LogP contribution is -2.15. The summed E-state index contributed by atoms with van der Waals surface area (Å²) in [7, 11) is 0. The molecule has 0 fully saturated rings. The normalized spacial score (nSPS) is 11.3. The summed E-state index contributed by atoms with van der Waals surface area (Å²) < 4.78 is 0. The Balaban J connectivity index is 2.38. The second-order valence-electron chi connectivity index (χ2n) is 4.46. The molecule has 0 aliphatic carbocycles. The molecule has 0 aliphatic heterocycles. The summed E-state index contributed by atoms with van der Waals surface area (Å²) in [6, 6.07) is 7.89. The van der Waals surface area contributed by atoms with Gasteiger partial charge < -0.3 is 10.7 Å². The van der Waals surface area contributed by atoms with Crippen molar-refractivity contribution in [2.24, 2.45) is 5.73 Å². The molecule has 19 heavy (non-hydrogen) atoms. The lowest BCUT2D eigenvalue weighted by molar-refractivity contribution is 0.908. The molecule has 2 heterocycles. The predicted octanol–water partition coefficient (Wildman–Crippen LogP) is 1.49. The first-order chi connectivity index (χ1) is 9.21. The zero-order valence-corrected chi connectivity index (χ0v) is 10.6. The molecular formula is C14H14N4O. The Morgan fingerprint density at radius 3 is 2.84 bits per heavy atom. The van der Waals surface area contributed by atoms with Crippen LogP contribution in [0.15, 0.2) is 29.1 Å². The lowest BCUT2D eigenvalue weighted by atomic mass is 10.1. The summed E-state index contributed by atoms with van der Waals surface area (Å²) in [4.78, 5) is 23.3. The van der Waals surface area contributed by atoms with Crippen LogP contribution in [0.3, 0.4) is 0 Å². The summed E-state index contributed by atoms with van der Waals surface area (Å²) in [6.45, 7) is 2.29. The number of aryl methyl sites for hydroxylation is 1. The Kier molecular flexibility index (Phi) is 2.76. The highest BCUT2D eigenvalue weighted by molar-refractivity contribution is 5.90. The second-order valence-corrected chi connectivity index (χ2v) is 4.46. The van der Waals surface area contributed by atoms with Crippen molar-refractivity contribution in [2.75, 3.05) is 0 Å². The van der Waals surface area contributed by atoms with E-state index in [9.17, 15) is 4.79 Å². The molecule has 5 heteroatoms. The molecule has 0 bridgehead atoms. The predicted molar refractivity (Wildman–Crippen MR) is 74.9 cm³/mol. The molecule has 0 saturated carbocycles. The van der Waals surface area contributed by atoms with Gasteiger partial charge in [-0.2, -0.15) is 0 Å². The zero-order valence-electron chi connectivity index (χ0n) is 10.6. The van der Waals surface area contributed by atoms with E-state index in [0.717, 1.165) is 17.3 Å². The molecule has 0 spiro atoms. The molecule has 3 rings (SSSR count). The number of nitrogens with two attached hydrogens (primary N) is 1. The minimum Gasteiger partial charge on any atom is -0.324 e. The summed E-state index contributed by atoms with van der Waals surface area (Å²) in [5, 5.41) is 1.46. The van der Waals surface area contributed by atoms with Crippen molar-refractivity contribution >= 4 is 21.9 Å². The maximum atomic E-state index is 12.0. The minimum absolute atomic E-state index is 0.193. The number of nitrogens with one attached hydrogen (secondary N) is 1. The van der Waals surface area contributed by atoms with Gasteiger partial charge in [-0.1, -0.05) is 13.0 Å². The molecular weight excluding hydrogens is 240 g/mol. The Labute approximate surface area is 109 Å². The van der Waals surface area contributed by atoms with Crippen molar-refractivity contribution in [3.05, 3.63) is 46.0 Å². The number of hydrogen-bond donors (Lipinski definition) is 2. The number of nitrogens with zero attached hydrogens (tertiary/aromatic N) is 2. The van der Waals surface area contributed by atoms with Crippen LogP contribution in [-0.2, 0) is 13.0 Å². The van der Waals surface area contributed by atoms with Crippen LogP contribution < -0.4 is 11.3 Å². The fraction of sp³-hybridized carbons (Fsp3) is 0.214. The Morgan fingerprint density at radius 1 is 1.26 bits per heavy atom. The fourth-order valence-electron chi connectivity index (χ4n) is 2.14. The van der Waals surface area contributed by atoms with Crippen molar-refractivity contribution in [1.82, 2.24) is 15.0 Å². The summed E-state index contributed by atoms with van der Waals surface area (Å²) in [5.41, 5.74) is 7.81. The van der Waals surface area contributed by atoms with Crippen LogP contribution in [0.25, 0.3) is 21.9 Å². The Morgan fingerprint density at radius 2 is 2.11 bits per heavy atom. The molecule has 0 unspecified atom stereocenters. The van der Waals surface area contributed by atoms with Crippen LogP contribution in [0.2, 0.25) is 0 Å². The molecule has 1 aromatic carbocycles. The number of aromatic amines is 1. The van der Waals surface area contributed by atoms with Gasteiger partial charge in [0.25, 0.3) is 5.56 Å².